The van der Waals surface area contributed by atoms with E-state index in [0.717, 1.165) is 6.42 Å². The Balaban J connectivity index is 2.38. The van der Waals surface area contributed by atoms with Crippen LogP contribution >= 0.6 is 0 Å². The van der Waals surface area contributed by atoms with Crippen LogP contribution in [0.1, 0.15) is 20.3 Å². The Hall–Kier alpha value is -0.650. The predicted molar refractivity (Wildman–Crippen MR) is 58.9 cm³/mol. The fraction of sp³-hybridized carbons (Fsp3) is 0.909. The Labute approximate surface area is 96.4 Å². The summed E-state index contributed by atoms with van der Waals surface area (Å²) in [7, 11) is 3.11. The summed E-state index contributed by atoms with van der Waals surface area (Å²) in [6.07, 6.45) is 0.541. The molecule has 1 rings (SSSR count). The lowest BCUT2D eigenvalue weighted by atomic mass is 10.1. The normalized spacial score (nSPS) is 27.1. The molecule has 0 spiro atoms. The number of nitrogens with one attached hydrogen (secondary N) is 1. The molecule has 3 unspecified atom stereocenters. The van der Waals surface area contributed by atoms with Gasteiger partial charge in [0.25, 0.3) is 0 Å². The maximum atomic E-state index is 11.8. The molecule has 16 heavy (non-hydrogen) atoms. The van der Waals surface area contributed by atoms with Gasteiger partial charge in [0.2, 0.25) is 5.91 Å². The van der Waals surface area contributed by atoms with Crippen molar-refractivity contribution < 1.29 is 19.0 Å². The molecule has 0 bridgehead atoms. The Kier molecular flexibility index (Phi) is 5.18. The number of methoxy groups -OCH3 is 2. The molecule has 5 heteroatoms. The summed E-state index contributed by atoms with van der Waals surface area (Å²) in [5, 5.41) is 2.88. The van der Waals surface area contributed by atoms with Crippen molar-refractivity contribution in [1.82, 2.24) is 5.32 Å². The fourth-order valence-electron chi connectivity index (χ4n) is 1.91. The highest BCUT2D eigenvalue weighted by molar-refractivity contribution is 5.79. The lowest BCUT2D eigenvalue weighted by Crippen LogP contribution is -2.45. The van der Waals surface area contributed by atoms with E-state index >= 15 is 0 Å². The Morgan fingerprint density at radius 2 is 2.06 bits per heavy atom. The third-order valence-electron chi connectivity index (χ3n) is 2.81. The minimum absolute atomic E-state index is 0.0101. The number of amides is 1. The monoisotopic (exact) mass is 231 g/mol. The number of ether oxygens (including phenoxy) is 3. The SMILES string of the molecule is COC(OC)C(C)NC(=O)C1COC(C)C1. The molecule has 1 heterocycles. The third kappa shape index (κ3) is 3.43. The smallest absolute Gasteiger partial charge is 0.225 e. The van der Waals surface area contributed by atoms with Gasteiger partial charge in [-0.3, -0.25) is 4.79 Å². The van der Waals surface area contributed by atoms with E-state index < -0.39 is 6.29 Å². The van der Waals surface area contributed by atoms with Crippen molar-refractivity contribution in [2.75, 3.05) is 20.8 Å². The van der Waals surface area contributed by atoms with Crippen LogP contribution in [-0.4, -0.2) is 45.2 Å². The zero-order valence-corrected chi connectivity index (χ0v) is 10.4. The van der Waals surface area contributed by atoms with Crippen molar-refractivity contribution in [1.29, 1.82) is 0 Å². The van der Waals surface area contributed by atoms with E-state index in [4.69, 9.17) is 14.2 Å². The first-order valence-corrected chi connectivity index (χ1v) is 5.56. The van der Waals surface area contributed by atoms with E-state index in [9.17, 15) is 4.79 Å². The van der Waals surface area contributed by atoms with E-state index in [0.29, 0.717) is 6.61 Å². The fourth-order valence-corrected chi connectivity index (χ4v) is 1.91. The second-order valence-corrected chi connectivity index (χ2v) is 4.21. The highest BCUT2D eigenvalue weighted by Gasteiger charge is 2.30. The van der Waals surface area contributed by atoms with E-state index in [-0.39, 0.29) is 24.0 Å². The van der Waals surface area contributed by atoms with Crippen molar-refractivity contribution >= 4 is 5.91 Å². The third-order valence-corrected chi connectivity index (χ3v) is 2.81. The molecule has 1 saturated heterocycles. The molecule has 1 aliphatic rings. The molecule has 3 atom stereocenters. The van der Waals surface area contributed by atoms with Crippen molar-refractivity contribution in [3.63, 3.8) is 0 Å². The largest absolute Gasteiger partial charge is 0.378 e. The molecular weight excluding hydrogens is 210 g/mol. The van der Waals surface area contributed by atoms with Crippen LogP contribution in [0.3, 0.4) is 0 Å². The molecule has 0 saturated carbocycles. The van der Waals surface area contributed by atoms with Crippen LogP contribution in [0.25, 0.3) is 0 Å². The molecule has 1 amide bonds. The van der Waals surface area contributed by atoms with Gasteiger partial charge in [-0.2, -0.15) is 0 Å². The average molecular weight is 231 g/mol. The highest BCUT2D eigenvalue weighted by Crippen LogP contribution is 2.19. The lowest BCUT2D eigenvalue weighted by Gasteiger charge is -2.23. The van der Waals surface area contributed by atoms with Gasteiger partial charge in [-0.05, 0) is 20.3 Å². The Morgan fingerprint density at radius 1 is 1.44 bits per heavy atom. The van der Waals surface area contributed by atoms with Crippen molar-refractivity contribution in [2.24, 2.45) is 5.92 Å². The number of hydrogen-bond acceptors (Lipinski definition) is 4. The van der Waals surface area contributed by atoms with Gasteiger partial charge < -0.3 is 19.5 Å². The summed E-state index contributed by atoms with van der Waals surface area (Å²) >= 11 is 0. The van der Waals surface area contributed by atoms with Crippen LogP contribution in [0.15, 0.2) is 0 Å². The van der Waals surface area contributed by atoms with Gasteiger partial charge in [0.15, 0.2) is 6.29 Å². The standard InChI is InChI=1S/C11H21NO4/c1-7-5-9(6-16-7)10(13)12-8(2)11(14-3)15-4/h7-9,11H,5-6H2,1-4H3,(H,12,13). The maximum Gasteiger partial charge on any atom is 0.225 e. The molecule has 94 valence electrons. The van der Waals surface area contributed by atoms with Gasteiger partial charge in [0.05, 0.1) is 24.7 Å². The summed E-state index contributed by atoms with van der Waals surface area (Å²) in [6.45, 7) is 4.34. The van der Waals surface area contributed by atoms with Crippen LogP contribution in [-0.2, 0) is 19.0 Å². The number of carbonyl (C=O) groups is 1. The molecule has 0 aliphatic carbocycles. The number of hydrogen-bond donors (Lipinski definition) is 1. The minimum atomic E-state index is -0.413. The quantitative estimate of drug-likeness (QED) is 0.701. The minimum Gasteiger partial charge on any atom is -0.378 e. The summed E-state index contributed by atoms with van der Waals surface area (Å²) in [4.78, 5) is 11.8. The first kappa shape index (κ1) is 13.4. The predicted octanol–water partition coefficient (Wildman–Crippen LogP) is 0.535. The molecule has 0 aromatic carbocycles. The molecule has 0 aromatic heterocycles. The van der Waals surface area contributed by atoms with Gasteiger partial charge >= 0.3 is 0 Å². The van der Waals surface area contributed by atoms with Crippen molar-refractivity contribution in [2.45, 2.75) is 38.7 Å². The van der Waals surface area contributed by atoms with Crippen LogP contribution in [0, 0.1) is 5.92 Å². The van der Waals surface area contributed by atoms with Gasteiger partial charge in [0, 0.05) is 14.2 Å². The zero-order chi connectivity index (χ0) is 12.1. The van der Waals surface area contributed by atoms with Crippen molar-refractivity contribution in [3.05, 3.63) is 0 Å². The van der Waals surface area contributed by atoms with E-state index in [1.54, 1.807) is 14.2 Å². The van der Waals surface area contributed by atoms with E-state index in [1.165, 1.54) is 0 Å². The molecular formula is C11H21NO4. The molecule has 1 aliphatic heterocycles. The average Bonchev–Trinajstić information content (AvgIpc) is 2.66. The Bertz CT molecular complexity index is 230. The molecule has 0 aromatic rings. The Morgan fingerprint density at radius 3 is 2.50 bits per heavy atom. The first-order chi connectivity index (χ1) is 7.58. The second-order valence-electron chi connectivity index (χ2n) is 4.21. The summed E-state index contributed by atoms with van der Waals surface area (Å²) in [6, 6.07) is -0.168. The highest BCUT2D eigenvalue weighted by atomic mass is 16.7. The second kappa shape index (κ2) is 6.18. The van der Waals surface area contributed by atoms with Crippen LogP contribution in [0.5, 0.6) is 0 Å². The van der Waals surface area contributed by atoms with Crippen LogP contribution in [0.4, 0.5) is 0 Å². The molecule has 1 N–H and O–H groups in total. The summed E-state index contributed by atoms with van der Waals surface area (Å²) in [5.74, 6) is -0.0391. The lowest BCUT2D eigenvalue weighted by molar-refractivity contribution is -0.138. The maximum absolute atomic E-state index is 11.8. The van der Waals surface area contributed by atoms with Gasteiger partial charge in [0.1, 0.15) is 0 Å². The molecule has 1 fully saturated rings. The summed E-state index contributed by atoms with van der Waals surface area (Å²) in [5.41, 5.74) is 0. The number of rotatable bonds is 5. The van der Waals surface area contributed by atoms with Crippen LogP contribution in [0.2, 0.25) is 0 Å². The van der Waals surface area contributed by atoms with Crippen LogP contribution < -0.4 is 5.32 Å². The first-order valence-electron chi connectivity index (χ1n) is 5.56. The summed E-state index contributed by atoms with van der Waals surface area (Å²) < 4.78 is 15.5. The van der Waals surface area contributed by atoms with Gasteiger partial charge in [-0.15, -0.1) is 0 Å². The van der Waals surface area contributed by atoms with E-state index in [2.05, 4.69) is 5.32 Å². The van der Waals surface area contributed by atoms with Gasteiger partial charge in [-0.25, -0.2) is 0 Å². The number of carbonyl (C=O) groups excluding carboxylic acids is 1. The topological polar surface area (TPSA) is 56.8 Å². The van der Waals surface area contributed by atoms with Crippen molar-refractivity contribution in [3.8, 4) is 0 Å². The molecule has 0 radical (unpaired) electrons. The molecule has 5 nitrogen and oxygen atoms in total. The zero-order valence-electron chi connectivity index (χ0n) is 10.4. The van der Waals surface area contributed by atoms with Gasteiger partial charge in [-0.1, -0.05) is 0 Å². The van der Waals surface area contributed by atoms with E-state index in [1.807, 2.05) is 13.8 Å².